The number of pyridine rings is 1. The summed E-state index contributed by atoms with van der Waals surface area (Å²) < 4.78 is 11.9. The number of fused-ring (bicyclic) bond motifs is 1. The van der Waals surface area contributed by atoms with Gasteiger partial charge in [-0.3, -0.25) is 0 Å². The molecule has 0 amide bonds. The third kappa shape index (κ3) is 5.30. The minimum absolute atomic E-state index is 0.0377. The van der Waals surface area contributed by atoms with E-state index in [0.29, 0.717) is 18.0 Å². The quantitative estimate of drug-likeness (QED) is 0.378. The van der Waals surface area contributed by atoms with Gasteiger partial charge in [-0.2, -0.15) is 0 Å². The summed E-state index contributed by atoms with van der Waals surface area (Å²) in [6, 6.07) is 4.04. The van der Waals surface area contributed by atoms with Gasteiger partial charge >= 0.3 is 0 Å². The number of anilines is 1. The third-order valence-corrected chi connectivity index (χ3v) is 5.23. The lowest BCUT2D eigenvalue weighted by molar-refractivity contribution is 0.288. The Morgan fingerprint density at radius 1 is 1.00 bits per heavy atom. The molecule has 0 aliphatic rings. The van der Waals surface area contributed by atoms with Crippen LogP contribution in [0.2, 0.25) is 0 Å². The lowest BCUT2D eigenvalue weighted by atomic mass is 9.89. The van der Waals surface area contributed by atoms with Gasteiger partial charge in [0.25, 0.3) is 0 Å². The van der Waals surface area contributed by atoms with Crippen LogP contribution in [0.15, 0.2) is 12.1 Å². The molecular formula is C24H38N2O2. The van der Waals surface area contributed by atoms with E-state index in [9.17, 15) is 0 Å². The molecule has 0 aliphatic carbocycles. The van der Waals surface area contributed by atoms with Crippen LogP contribution in [-0.2, 0) is 11.8 Å². The van der Waals surface area contributed by atoms with Crippen LogP contribution in [-0.4, -0.2) is 18.7 Å². The van der Waals surface area contributed by atoms with E-state index in [4.69, 9.17) is 20.2 Å². The van der Waals surface area contributed by atoms with E-state index in [0.717, 1.165) is 35.2 Å². The van der Waals surface area contributed by atoms with Gasteiger partial charge in [-0.25, -0.2) is 4.98 Å². The van der Waals surface area contributed by atoms with Gasteiger partial charge in [0.15, 0.2) is 11.5 Å². The van der Waals surface area contributed by atoms with Crippen molar-refractivity contribution in [1.82, 2.24) is 4.98 Å². The average Bonchev–Trinajstić information content (AvgIpc) is 2.66. The van der Waals surface area contributed by atoms with E-state index in [1.165, 1.54) is 37.7 Å². The van der Waals surface area contributed by atoms with Crippen molar-refractivity contribution in [3.05, 3.63) is 23.4 Å². The first-order valence-corrected chi connectivity index (χ1v) is 10.8. The number of aromatic nitrogens is 1. The van der Waals surface area contributed by atoms with Crippen LogP contribution in [0.25, 0.3) is 10.9 Å². The van der Waals surface area contributed by atoms with Gasteiger partial charge in [0.05, 0.1) is 30.3 Å². The van der Waals surface area contributed by atoms with Crippen molar-refractivity contribution in [1.29, 1.82) is 0 Å². The Labute approximate surface area is 170 Å². The summed E-state index contributed by atoms with van der Waals surface area (Å²) in [7, 11) is 1.67. The summed E-state index contributed by atoms with van der Waals surface area (Å²) in [6.45, 7) is 11.6. The molecule has 1 aromatic heterocycles. The van der Waals surface area contributed by atoms with E-state index < -0.39 is 0 Å². The number of hydrogen-bond acceptors (Lipinski definition) is 4. The second-order valence-electron chi connectivity index (χ2n) is 8.61. The minimum Gasteiger partial charge on any atom is -0.493 e. The van der Waals surface area contributed by atoms with Gasteiger partial charge in [0.2, 0.25) is 0 Å². The molecule has 1 heterocycles. The Balaban J connectivity index is 2.36. The Morgan fingerprint density at radius 2 is 1.68 bits per heavy atom. The lowest BCUT2D eigenvalue weighted by Gasteiger charge is -2.22. The van der Waals surface area contributed by atoms with Gasteiger partial charge in [0.1, 0.15) is 0 Å². The summed E-state index contributed by atoms with van der Waals surface area (Å²) in [5, 5.41) is 0.998. The molecule has 156 valence electrons. The van der Waals surface area contributed by atoms with Crippen molar-refractivity contribution in [3.8, 4) is 11.5 Å². The number of hydrogen-bond donors (Lipinski definition) is 1. The maximum Gasteiger partial charge on any atom is 0.170 e. The van der Waals surface area contributed by atoms with Crippen LogP contribution in [0, 0.1) is 0 Å². The van der Waals surface area contributed by atoms with E-state index in [-0.39, 0.29) is 5.41 Å². The molecule has 0 spiro atoms. The standard InChI is InChI=1S/C24H38N2O2/c1-7-9-10-11-12-13-14-28-23-19(27-6)16-18(25)22-21(23)17(8-2)15-20(26-22)24(3,4)5/h15-16H,7-14,25H2,1-6H3. The predicted molar refractivity (Wildman–Crippen MR) is 120 cm³/mol. The number of unbranched alkanes of at least 4 members (excludes halogenated alkanes) is 5. The van der Waals surface area contributed by atoms with Gasteiger partial charge in [-0.15, -0.1) is 0 Å². The second-order valence-corrected chi connectivity index (χ2v) is 8.61. The predicted octanol–water partition coefficient (Wildman–Crippen LogP) is 6.42. The molecule has 0 saturated heterocycles. The molecular weight excluding hydrogens is 348 g/mol. The average molecular weight is 387 g/mol. The number of ether oxygens (including phenoxy) is 2. The fraction of sp³-hybridized carbons (Fsp3) is 0.625. The van der Waals surface area contributed by atoms with Crippen molar-refractivity contribution >= 4 is 16.6 Å². The second kappa shape index (κ2) is 9.99. The van der Waals surface area contributed by atoms with Crippen molar-refractivity contribution in [2.45, 2.75) is 85.0 Å². The Hall–Kier alpha value is -1.97. The highest BCUT2D eigenvalue weighted by Gasteiger charge is 2.22. The van der Waals surface area contributed by atoms with Crippen LogP contribution in [0.3, 0.4) is 0 Å². The molecule has 2 aromatic rings. The molecule has 0 radical (unpaired) electrons. The summed E-state index contributed by atoms with van der Waals surface area (Å²) in [5.74, 6) is 1.47. The Kier molecular flexibility index (Phi) is 7.97. The highest BCUT2D eigenvalue weighted by molar-refractivity contribution is 5.99. The molecule has 2 N–H and O–H groups in total. The van der Waals surface area contributed by atoms with E-state index in [2.05, 4.69) is 40.7 Å². The van der Waals surface area contributed by atoms with Crippen molar-refractivity contribution in [2.75, 3.05) is 19.5 Å². The number of nitrogens with zero attached hydrogens (tertiary/aromatic N) is 1. The van der Waals surface area contributed by atoms with Crippen LogP contribution < -0.4 is 15.2 Å². The van der Waals surface area contributed by atoms with Crippen molar-refractivity contribution in [2.24, 2.45) is 0 Å². The number of methoxy groups -OCH3 is 1. The van der Waals surface area contributed by atoms with Crippen LogP contribution in [0.4, 0.5) is 5.69 Å². The number of benzene rings is 1. The fourth-order valence-corrected chi connectivity index (χ4v) is 3.47. The molecule has 4 nitrogen and oxygen atoms in total. The first-order chi connectivity index (χ1) is 13.3. The number of aryl methyl sites for hydroxylation is 1. The first kappa shape index (κ1) is 22.3. The monoisotopic (exact) mass is 386 g/mol. The van der Waals surface area contributed by atoms with Gasteiger partial charge in [0, 0.05) is 17.2 Å². The van der Waals surface area contributed by atoms with Gasteiger partial charge in [-0.1, -0.05) is 66.7 Å². The zero-order valence-electron chi connectivity index (χ0n) is 18.7. The smallest absolute Gasteiger partial charge is 0.170 e. The molecule has 0 bridgehead atoms. The van der Waals surface area contributed by atoms with Crippen molar-refractivity contribution in [3.63, 3.8) is 0 Å². The zero-order chi connectivity index (χ0) is 20.7. The Bertz CT molecular complexity index is 778. The normalized spacial score (nSPS) is 11.8. The maximum atomic E-state index is 6.36. The summed E-state index contributed by atoms with van der Waals surface area (Å²) in [5.41, 5.74) is 10.0. The molecule has 0 aliphatic heterocycles. The lowest BCUT2D eigenvalue weighted by Crippen LogP contribution is -2.15. The number of nitrogen functional groups attached to an aromatic ring is 1. The van der Waals surface area contributed by atoms with Crippen molar-refractivity contribution < 1.29 is 9.47 Å². The van der Waals surface area contributed by atoms with E-state index in [1.54, 1.807) is 7.11 Å². The molecule has 28 heavy (non-hydrogen) atoms. The summed E-state index contributed by atoms with van der Waals surface area (Å²) >= 11 is 0. The van der Waals surface area contributed by atoms with Crippen LogP contribution in [0.5, 0.6) is 11.5 Å². The molecule has 0 unspecified atom stereocenters. The maximum absolute atomic E-state index is 6.36. The molecule has 4 heteroatoms. The van der Waals surface area contributed by atoms with Crippen LogP contribution in [0.1, 0.15) is 84.4 Å². The molecule has 2 rings (SSSR count). The largest absolute Gasteiger partial charge is 0.493 e. The fourth-order valence-electron chi connectivity index (χ4n) is 3.47. The summed E-state index contributed by atoms with van der Waals surface area (Å²) in [4.78, 5) is 4.91. The highest BCUT2D eigenvalue weighted by atomic mass is 16.5. The third-order valence-electron chi connectivity index (χ3n) is 5.23. The molecule has 1 aromatic carbocycles. The molecule has 0 fully saturated rings. The highest BCUT2D eigenvalue weighted by Crippen LogP contribution is 2.42. The number of rotatable bonds is 10. The van der Waals surface area contributed by atoms with Gasteiger partial charge < -0.3 is 15.2 Å². The van der Waals surface area contributed by atoms with Crippen LogP contribution >= 0.6 is 0 Å². The minimum atomic E-state index is -0.0377. The SMILES string of the molecule is CCCCCCCCOc1c(OC)cc(N)c2nc(C(C)(C)C)cc(CC)c12. The Morgan fingerprint density at radius 3 is 2.29 bits per heavy atom. The van der Waals surface area contributed by atoms with Gasteiger partial charge in [-0.05, 0) is 24.5 Å². The molecule has 0 saturated carbocycles. The summed E-state index contributed by atoms with van der Waals surface area (Å²) in [6.07, 6.45) is 8.31. The van der Waals surface area contributed by atoms with E-state index >= 15 is 0 Å². The topological polar surface area (TPSA) is 57.4 Å². The zero-order valence-corrected chi connectivity index (χ0v) is 18.7. The number of nitrogens with two attached hydrogens (primary N) is 1. The van der Waals surface area contributed by atoms with E-state index in [1.807, 2.05) is 6.07 Å². The molecule has 0 atom stereocenters. The first-order valence-electron chi connectivity index (χ1n) is 10.8.